The van der Waals surface area contributed by atoms with Gasteiger partial charge in [-0.3, -0.25) is 14.9 Å². The van der Waals surface area contributed by atoms with E-state index < -0.39 is 10.8 Å². The van der Waals surface area contributed by atoms with Crippen molar-refractivity contribution in [2.45, 2.75) is 6.92 Å². The molecule has 1 amide bonds. The van der Waals surface area contributed by atoms with Gasteiger partial charge in [-0.15, -0.1) is 5.10 Å². The molecule has 126 valence electrons. The number of carbonyl (C=O) groups excluding carboxylic acids is 1. The fourth-order valence-electron chi connectivity index (χ4n) is 1.97. The van der Waals surface area contributed by atoms with Crippen LogP contribution in [0.25, 0.3) is 11.3 Å². The first kappa shape index (κ1) is 16.5. The summed E-state index contributed by atoms with van der Waals surface area (Å²) in [6.45, 7) is 1.69. The third kappa shape index (κ3) is 3.75. The van der Waals surface area contributed by atoms with E-state index in [2.05, 4.69) is 20.1 Å². The Balaban J connectivity index is 1.66. The SMILES string of the molecule is Cc1nnsc1C(=O)NN=Cc1ccc(-c2ccc([N+](=O)[O-])cc2)o1. The average Bonchev–Trinajstić information content (AvgIpc) is 3.24. The molecule has 3 aromatic rings. The molecule has 2 aromatic heterocycles. The maximum atomic E-state index is 11.9. The molecule has 0 aliphatic rings. The van der Waals surface area contributed by atoms with Crippen LogP contribution in [0.4, 0.5) is 5.69 Å². The molecule has 1 aromatic carbocycles. The van der Waals surface area contributed by atoms with Crippen molar-refractivity contribution in [2.24, 2.45) is 5.10 Å². The Bertz CT molecular complexity index is 945. The van der Waals surface area contributed by atoms with Gasteiger partial charge in [0.05, 0.1) is 16.8 Å². The smallest absolute Gasteiger partial charge is 0.285 e. The summed E-state index contributed by atoms with van der Waals surface area (Å²) in [6, 6.07) is 9.38. The molecule has 0 spiro atoms. The molecular weight excluding hydrogens is 346 g/mol. The number of hydrogen-bond donors (Lipinski definition) is 1. The van der Waals surface area contributed by atoms with Gasteiger partial charge < -0.3 is 4.42 Å². The second kappa shape index (κ2) is 7.01. The lowest BCUT2D eigenvalue weighted by Gasteiger charge is -1.97. The number of nitrogens with one attached hydrogen (secondary N) is 1. The number of nitro benzene ring substituents is 1. The van der Waals surface area contributed by atoms with Gasteiger partial charge >= 0.3 is 0 Å². The van der Waals surface area contributed by atoms with Gasteiger partial charge in [0.2, 0.25) is 0 Å². The second-order valence-corrected chi connectivity index (χ2v) is 5.65. The lowest BCUT2D eigenvalue weighted by Crippen LogP contribution is -2.17. The number of aromatic nitrogens is 2. The average molecular weight is 357 g/mol. The Morgan fingerprint density at radius 3 is 2.72 bits per heavy atom. The van der Waals surface area contributed by atoms with Crippen LogP contribution in [0, 0.1) is 17.0 Å². The molecule has 25 heavy (non-hydrogen) atoms. The molecule has 0 aliphatic heterocycles. The summed E-state index contributed by atoms with van der Waals surface area (Å²) in [7, 11) is 0. The van der Waals surface area contributed by atoms with Crippen molar-refractivity contribution in [3.8, 4) is 11.3 Å². The molecule has 10 heteroatoms. The third-order valence-electron chi connectivity index (χ3n) is 3.21. The predicted octanol–water partition coefficient (Wildman–Crippen LogP) is 2.78. The van der Waals surface area contributed by atoms with Crippen LogP contribution in [0.2, 0.25) is 0 Å². The van der Waals surface area contributed by atoms with E-state index in [9.17, 15) is 14.9 Å². The Labute approximate surface area is 145 Å². The number of hydrazone groups is 1. The number of amides is 1. The molecular formula is C15H11N5O4S. The molecule has 0 saturated heterocycles. The van der Waals surface area contributed by atoms with Crippen LogP contribution in [0.15, 0.2) is 45.9 Å². The first-order valence-corrected chi connectivity index (χ1v) is 7.79. The Morgan fingerprint density at radius 2 is 2.08 bits per heavy atom. The van der Waals surface area contributed by atoms with Gasteiger partial charge in [-0.1, -0.05) is 4.49 Å². The van der Waals surface area contributed by atoms with Gasteiger partial charge in [0.25, 0.3) is 11.6 Å². The van der Waals surface area contributed by atoms with E-state index >= 15 is 0 Å². The summed E-state index contributed by atoms with van der Waals surface area (Å²) in [4.78, 5) is 22.4. The van der Waals surface area contributed by atoms with E-state index in [0.717, 1.165) is 11.5 Å². The Morgan fingerprint density at radius 1 is 1.32 bits per heavy atom. The Hall–Kier alpha value is -3.40. The van der Waals surface area contributed by atoms with Crippen molar-refractivity contribution in [3.63, 3.8) is 0 Å². The fourth-order valence-corrected chi connectivity index (χ4v) is 2.52. The maximum Gasteiger partial charge on any atom is 0.285 e. The van der Waals surface area contributed by atoms with Crippen molar-refractivity contribution in [3.05, 3.63) is 62.8 Å². The zero-order valence-corrected chi connectivity index (χ0v) is 13.7. The van der Waals surface area contributed by atoms with Crippen molar-refractivity contribution >= 4 is 29.3 Å². The monoisotopic (exact) mass is 357 g/mol. The lowest BCUT2D eigenvalue weighted by atomic mass is 10.1. The summed E-state index contributed by atoms with van der Waals surface area (Å²) in [5, 5.41) is 18.2. The van der Waals surface area contributed by atoms with Crippen LogP contribution in [0.5, 0.6) is 0 Å². The summed E-state index contributed by atoms with van der Waals surface area (Å²) in [6.07, 6.45) is 1.36. The highest BCUT2D eigenvalue weighted by molar-refractivity contribution is 7.07. The number of nitro groups is 1. The summed E-state index contributed by atoms with van der Waals surface area (Å²) in [5.74, 6) is 0.559. The number of nitrogens with zero attached hydrogens (tertiary/aromatic N) is 4. The number of benzene rings is 1. The number of rotatable bonds is 5. The van der Waals surface area contributed by atoms with Crippen LogP contribution >= 0.6 is 11.5 Å². The molecule has 0 unspecified atom stereocenters. The molecule has 0 bridgehead atoms. The van der Waals surface area contributed by atoms with E-state index in [1.54, 1.807) is 31.2 Å². The highest BCUT2D eigenvalue weighted by atomic mass is 32.1. The molecule has 9 nitrogen and oxygen atoms in total. The summed E-state index contributed by atoms with van der Waals surface area (Å²) >= 11 is 0.990. The van der Waals surface area contributed by atoms with Crippen molar-refractivity contribution < 1.29 is 14.1 Å². The van der Waals surface area contributed by atoms with Crippen LogP contribution in [0.3, 0.4) is 0 Å². The van der Waals surface area contributed by atoms with Gasteiger partial charge in [-0.2, -0.15) is 5.10 Å². The predicted molar refractivity (Wildman–Crippen MR) is 90.5 cm³/mol. The minimum atomic E-state index is -0.465. The van der Waals surface area contributed by atoms with Gasteiger partial charge in [-0.05, 0) is 42.7 Å². The highest BCUT2D eigenvalue weighted by Crippen LogP contribution is 2.24. The minimum Gasteiger partial charge on any atom is -0.455 e. The number of furan rings is 1. The van der Waals surface area contributed by atoms with Crippen molar-refractivity contribution in [1.29, 1.82) is 0 Å². The molecule has 0 radical (unpaired) electrons. The number of non-ortho nitro benzene ring substituents is 1. The van der Waals surface area contributed by atoms with E-state index in [0.29, 0.717) is 27.7 Å². The maximum absolute atomic E-state index is 11.9. The lowest BCUT2D eigenvalue weighted by molar-refractivity contribution is -0.384. The fraction of sp³-hybridized carbons (Fsp3) is 0.0667. The first-order valence-electron chi connectivity index (χ1n) is 7.01. The Kier molecular flexibility index (Phi) is 4.61. The topological polar surface area (TPSA) is 124 Å². The first-order chi connectivity index (χ1) is 12.0. The zero-order chi connectivity index (χ0) is 17.8. The summed E-state index contributed by atoms with van der Waals surface area (Å²) in [5.41, 5.74) is 3.61. The third-order valence-corrected chi connectivity index (χ3v) is 4.03. The largest absolute Gasteiger partial charge is 0.455 e. The van der Waals surface area contributed by atoms with Crippen molar-refractivity contribution in [2.75, 3.05) is 0 Å². The van der Waals surface area contributed by atoms with Gasteiger partial charge in [-0.25, -0.2) is 5.43 Å². The molecule has 2 heterocycles. The van der Waals surface area contributed by atoms with Crippen LogP contribution in [-0.2, 0) is 0 Å². The standard InChI is InChI=1S/C15H11N5O4S/c1-9-14(25-19-17-9)15(21)18-16-8-12-6-7-13(24-12)10-2-4-11(5-3-10)20(22)23/h2-8H,1H3,(H,18,21). The quantitative estimate of drug-likeness (QED) is 0.425. The number of aryl methyl sites for hydroxylation is 1. The van der Waals surface area contributed by atoms with Crippen LogP contribution < -0.4 is 5.43 Å². The second-order valence-electron chi connectivity index (χ2n) is 4.89. The number of hydrogen-bond acceptors (Lipinski definition) is 8. The molecule has 1 N–H and O–H groups in total. The van der Waals surface area contributed by atoms with Crippen LogP contribution in [-0.4, -0.2) is 26.6 Å². The van der Waals surface area contributed by atoms with Gasteiger partial charge in [0, 0.05) is 17.7 Å². The van der Waals surface area contributed by atoms with E-state index in [1.807, 2.05) is 0 Å². The highest BCUT2D eigenvalue weighted by Gasteiger charge is 2.12. The van der Waals surface area contributed by atoms with Gasteiger partial charge in [0.15, 0.2) is 0 Å². The zero-order valence-electron chi connectivity index (χ0n) is 12.9. The van der Waals surface area contributed by atoms with Crippen LogP contribution in [0.1, 0.15) is 21.1 Å². The summed E-state index contributed by atoms with van der Waals surface area (Å²) < 4.78 is 9.26. The van der Waals surface area contributed by atoms with E-state index in [1.165, 1.54) is 18.3 Å². The molecule has 3 rings (SSSR count). The van der Waals surface area contributed by atoms with Crippen molar-refractivity contribution in [1.82, 2.24) is 15.0 Å². The molecule has 0 saturated carbocycles. The van der Waals surface area contributed by atoms with Gasteiger partial charge in [0.1, 0.15) is 16.4 Å². The normalized spacial score (nSPS) is 10.9. The number of carbonyl (C=O) groups is 1. The molecule has 0 aliphatic carbocycles. The molecule has 0 fully saturated rings. The van der Waals surface area contributed by atoms with E-state index in [4.69, 9.17) is 4.42 Å². The molecule has 0 atom stereocenters. The van der Waals surface area contributed by atoms with E-state index in [-0.39, 0.29) is 5.69 Å². The minimum absolute atomic E-state index is 0.00709.